The highest BCUT2D eigenvalue weighted by Crippen LogP contribution is 2.10. The van der Waals surface area contributed by atoms with Gasteiger partial charge in [0.1, 0.15) is 0 Å². The highest BCUT2D eigenvalue weighted by Gasteiger charge is 2.14. The zero-order chi connectivity index (χ0) is 8.81. The number of hydrazine groups is 1. The van der Waals surface area contributed by atoms with Crippen molar-refractivity contribution in [3.63, 3.8) is 0 Å². The van der Waals surface area contributed by atoms with Crippen LogP contribution >= 0.6 is 0 Å². The Balaban J connectivity index is 1.97. The summed E-state index contributed by atoms with van der Waals surface area (Å²) in [6.07, 6.45) is 2.47. The van der Waals surface area contributed by atoms with Gasteiger partial charge in [-0.1, -0.05) is 0 Å². The maximum atomic E-state index is 10.6. The number of ether oxygens (including phenoxy) is 1. The first kappa shape index (κ1) is 9.44. The van der Waals surface area contributed by atoms with Gasteiger partial charge in [-0.25, -0.2) is 5.84 Å². The summed E-state index contributed by atoms with van der Waals surface area (Å²) in [7, 11) is 0. The van der Waals surface area contributed by atoms with Gasteiger partial charge in [0.25, 0.3) is 0 Å². The van der Waals surface area contributed by atoms with Crippen LogP contribution in [-0.2, 0) is 9.53 Å². The van der Waals surface area contributed by atoms with Crippen molar-refractivity contribution in [2.45, 2.75) is 18.9 Å². The van der Waals surface area contributed by atoms with Crippen LogP contribution in [0.1, 0.15) is 12.8 Å². The van der Waals surface area contributed by atoms with E-state index in [4.69, 9.17) is 10.6 Å². The molecule has 0 bridgehead atoms. The largest absolute Gasteiger partial charge is 0.377 e. The average Bonchev–Trinajstić information content (AvgIpc) is 2.57. The summed E-state index contributed by atoms with van der Waals surface area (Å²) in [5, 5.41) is 2.96. The molecule has 0 saturated carbocycles. The van der Waals surface area contributed by atoms with Gasteiger partial charge in [-0.05, 0) is 12.8 Å². The summed E-state index contributed by atoms with van der Waals surface area (Å²) in [5.74, 6) is 4.69. The van der Waals surface area contributed by atoms with Crippen LogP contribution in [-0.4, -0.2) is 31.7 Å². The van der Waals surface area contributed by atoms with Gasteiger partial charge in [-0.15, -0.1) is 0 Å². The van der Waals surface area contributed by atoms with Gasteiger partial charge in [0.2, 0.25) is 5.91 Å². The lowest BCUT2D eigenvalue weighted by atomic mass is 10.2. The van der Waals surface area contributed by atoms with Gasteiger partial charge in [0, 0.05) is 13.2 Å². The summed E-state index contributed by atoms with van der Waals surface area (Å²) < 4.78 is 5.34. The molecule has 1 heterocycles. The zero-order valence-electron chi connectivity index (χ0n) is 7.01. The number of amides is 1. The molecule has 1 saturated heterocycles. The zero-order valence-corrected chi connectivity index (χ0v) is 7.01. The molecule has 0 spiro atoms. The lowest BCUT2D eigenvalue weighted by Crippen LogP contribution is -2.40. The van der Waals surface area contributed by atoms with Crippen molar-refractivity contribution >= 4 is 5.91 Å². The smallest absolute Gasteiger partial charge is 0.247 e. The molecular formula is C7H15N3O2. The fraction of sp³-hybridized carbons (Fsp3) is 0.857. The molecule has 4 N–H and O–H groups in total. The van der Waals surface area contributed by atoms with Crippen LogP contribution < -0.4 is 16.6 Å². The van der Waals surface area contributed by atoms with Crippen LogP contribution in [0.2, 0.25) is 0 Å². The molecule has 0 aliphatic carbocycles. The standard InChI is InChI=1S/C7H15N3O2/c8-10-7(11)5-9-4-6-2-1-3-12-6/h6,9H,1-5,8H2,(H,10,11)/t6-/m1/s1. The van der Waals surface area contributed by atoms with Crippen LogP contribution in [0.3, 0.4) is 0 Å². The third-order valence-corrected chi connectivity index (χ3v) is 1.84. The molecule has 5 heteroatoms. The van der Waals surface area contributed by atoms with E-state index in [-0.39, 0.29) is 18.6 Å². The maximum absolute atomic E-state index is 10.6. The van der Waals surface area contributed by atoms with Crippen molar-refractivity contribution in [1.82, 2.24) is 10.7 Å². The van der Waals surface area contributed by atoms with Gasteiger partial charge >= 0.3 is 0 Å². The monoisotopic (exact) mass is 173 g/mol. The SMILES string of the molecule is NNC(=O)CNC[C@H]1CCCO1. The van der Waals surface area contributed by atoms with Crippen molar-refractivity contribution in [1.29, 1.82) is 0 Å². The molecule has 0 aromatic rings. The molecule has 1 fully saturated rings. The lowest BCUT2D eigenvalue weighted by molar-refractivity contribution is -0.120. The Kier molecular flexibility index (Phi) is 3.99. The van der Waals surface area contributed by atoms with E-state index in [1.165, 1.54) is 0 Å². The molecule has 0 aromatic carbocycles. The van der Waals surface area contributed by atoms with Crippen molar-refractivity contribution in [2.24, 2.45) is 5.84 Å². The highest BCUT2D eigenvalue weighted by molar-refractivity contribution is 5.77. The molecule has 1 aliphatic heterocycles. The fourth-order valence-electron chi connectivity index (χ4n) is 1.20. The molecule has 0 aromatic heterocycles. The topological polar surface area (TPSA) is 76.4 Å². The number of carbonyl (C=O) groups excluding carboxylic acids is 1. The highest BCUT2D eigenvalue weighted by atomic mass is 16.5. The van der Waals surface area contributed by atoms with Crippen LogP contribution in [0.15, 0.2) is 0 Å². The van der Waals surface area contributed by atoms with E-state index in [9.17, 15) is 4.79 Å². The lowest BCUT2D eigenvalue weighted by Gasteiger charge is -2.09. The Labute approximate surface area is 71.6 Å². The summed E-state index contributed by atoms with van der Waals surface area (Å²) >= 11 is 0. The van der Waals surface area contributed by atoms with Crippen LogP contribution in [0, 0.1) is 0 Å². The fourth-order valence-corrected chi connectivity index (χ4v) is 1.20. The minimum Gasteiger partial charge on any atom is -0.377 e. The Hall–Kier alpha value is -0.650. The molecule has 1 rings (SSSR count). The number of rotatable bonds is 4. The number of hydrogen-bond donors (Lipinski definition) is 3. The first-order valence-electron chi connectivity index (χ1n) is 4.14. The van der Waals surface area contributed by atoms with Gasteiger partial charge in [0.05, 0.1) is 12.6 Å². The predicted molar refractivity (Wildman–Crippen MR) is 44.2 cm³/mol. The van der Waals surface area contributed by atoms with Crippen molar-refractivity contribution < 1.29 is 9.53 Å². The average molecular weight is 173 g/mol. The molecule has 0 radical (unpaired) electrons. The second-order valence-corrected chi connectivity index (χ2v) is 2.83. The third-order valence-electron chi connectivity index (χ3n) is 1.84. The van der Waals surface area contributed by atoms with Gasteiger partial charge in [-0.2, -0.15) is 0 Å². The van der Waals surface area contributed by atoms with E-state index < -0.39 is 0 Å². The van der Waals surface area contributed by atoms with E-state index in [0.717, 1.165) is 26.0 Å². The van der Waals surface area contributed by atoms with Crippen LogP contribution in [0.5, 0.6) is 0 Å². The molecular weight excluding hydrogens is 158 g/mol. The van der Waals surface area contributed by atoms with Gasteiger partial charge in [-0.3, -0.25) is 10.2 Å². The Morgan fingerprint density at radius 3 is 3.08 bits per heavy atom. The van der Waals surface area contributed by atoms with Gasteiger partial charge < -0.3 is 10.1 Å². The molecule has 12 heavy (non-hydrogen) atoms. The first-order chi connectivity index (χ1) is 5.83. The van der Waals surface area contributed by atoms with Crippen LogP contribution in [0.25, 0.3) is 0 Å². The van der Waals surface area contributed by atoms with Crippen molar-refractivity contribution in [2.75, 3.05) is 19.7 Å². The summed E-state index contributed by atoms with van der Waals surface area (Å²) in [6, 6.07) is 0. The summed E-state index contributed by atoms with van der Waals surface area (Å²) in [4.78, 5) is 10.6. The van der Waals surface area contributed by atoms with E-state index in [2.05, 4.69) is 5.32 Å². The van der Waals surface area contributed by atoms with E-state index in [0.29, 0.717) is 0 Å². The molecule has 0 unspecified atom stereocenters. The minimum atomic E-state index is -0.201. The summed E-state index contributed by atoms with van der Waals surface area (Å²) in [5.41, 5.74) is 2.05. The quantitative estimate of drug-likeness (QED) is 0.282. The number of hydrogen-bond acceptors (Lipinski definition) is 4. The van der Waals surface area contributed by atoms with E-state index in [1.54, 1.807) is 0 Å². The van der Waals surface area contributed by atoms with Crippen LogP contribution in [0.4, 0.5) is 0 Å². The molecule has 1 aliphatic rings. The van der Waals surface area contributed by atoms with Crippen molar-refractivity contribution in [3.8, 4) is 0 Å². The van der Waals surface area contributed by atoms with Crippen molar-refractivity contribution in [3.05, 3.63) is 0 Å². The number of nitrogens with two attached hydrogens (primary N) is 1. The Bertz CT molecular complexity index is 146. The van der Waals surface area contributed by atoms with Gasteiger partial charge in [0.15, 0.2) is 0 Å². The summed E-state index contributed by atoms with van der Waals surface area (Å²) in [6.45, 7) is 1.83. The molecule has 1 amide bonds. The second kappa shape index (κ2) is 5.08. The minimum absolute atomic E-state index is 0.201. The molecule has 70 valence electrons. The normalized spacial score (nSPS) is 22.6. The number of carbonyl (C=O) groups is 1. The predicted octanol–water partition coefficient (Wildman–Crippen LogP) is -1.26. The third kappa shape index (κ3) is 3.17. The first-order valence-corrected chi connectivity index (χ1v) is 4.14. The molecule has 5 nitrogen and oxygen atoms in total. The second-order valence-electron chi connectivity index (χ2n) is 2.83. The number of nitrogens with one attached hydrogen (secondary N) is 2. The Morgan fingerprint density at radius 1 is 1.67 bits per heavy atom. The maximum Gasteiger partial charge on any atom is 0.247 e. The van der Waals surface area contributed by atoms with E-state index >= 15 is 0 Å². The molecule has 1 atom stereocenters. The van der Waals surface area contributed by atoms with E-state index in [1.807, 2.05) is 5.43 Å². The Morgan fingerprint density at radius 2 is 2.50 bits per heavy atom.